The Kier molecular flexibility index (Phi) is 7.13. The summed E-state index contributed by atoms with van der Waals surface area (Å²) in [4.78, 5) is 0. The number of aryl methyl sites for hydroxylation is 1. The number of allylic oxidation sites excluding steroid dienone is 1. The second kappa shape index (κ2) is 9.98. The molecule has 0 bridgehead atoms. The molecule has 2 fully saturated rings. The summed E-state index contributed by atoms with van der Waals surface area (Å²) < 4.78 is 11.8. The Hall–Kier alpha value is -1.54. The minimum atomic E-state index is 0.503. The molecule has 29 heavy (non-hydrogen) atoms. The van der Waals surface area contributed by atoms with E-state index in [4.69, 9.17) is 9.47 Å². The molecule has 3 unspecified atom stereocenters. The van der Waals surface area contributed by atoms with E-state index in [0.717, 1.165) is 36.0 Å². The van der Waals surface area contributed by atoms with Gasteiger partial charge in [-0.25, -0.2) is 0 Å². The molecule has 2 saturated carbocycles. The molecule has 0 aliphatic heterocycles. The first-order valence-electron chi connectivity index (χ1n) is 11.8. The first-order valence-corrected chi connectivity index (χ1v) is 11.8. The summed E-state index contributed by atoms with van der Waals surface area (Å²) in [5.74, 6) is 4.67. The summed E-state index contributed by atoms with van der Waals surface area (Å²) in [6.07, 6.45) is 18.7. The average Bonchev–Trinajstić information content (AvgIpc) is 2.77. The quantitative estimate of drug-likeness (QED) is 0.489. The Morgan fingerprint density at radius 2 is 1.72 bits per heavy atom. The highest BCUT2D eigenvalue weighted by atomic mass is 16.5. The smallest absolute Gasteiger partial charge is 0.120 e. The predicted molar refractivity (Wildman–Crippen MR) is 120 cm³/mol. The van der Waals surface area contributed by atoms with Gasteiger partial charge in [0, 0.05) is 0 Å². The van der Waals surface area contributed by atoms with Crippen LogP contribution in [0.15, 0.2) is 43.0 Å². The van der Waals surface area contributed by atoms with Gasteiger partial charge < -0.3 is 9.47 Å². The minimum Gasteiger partial charge on any atom is -0.490 e. The maximum Gasteiger partial charge on any atom is 0.120 e. The highest BCUT2D eigenvalue weighted by molar-refractivity contribution is 5.37. The van der Waals surface area contributed by atoms with Gasteiger partial charge in [0.15, 0.2) is 0 Å². The van der Waals surface area contributed by atoms with Crippen LogP contribution in [-0.4, -0.2) is 19.3 Å². The lowest BCUT2D eigenvalue weighted by molar-refractivity contribution is -0.0138. The second-order valence-electron chi connectivity index (χ2n) is 9.46. The fourth-order valence-corrected chi connectivity index (χ4v) is 6.16. The first-order chi connectivity index (χ1) is 14.3. The van der Waals surface area contributed by atoms with E-state index in [1.54, 1.807) is 5.56 Å². The van der Waals surface area contributed by atoms with Crippen LogP contribution in [0.3, 0.4) is 0 Å². The molecular formula is C27H38O2. The summed E-state index contributed by atoms with van der Waals surface area (Å²) in [6, 6.07) is 6.73. The third-order valence-electron chi connectivity index (χ3n) is 7.75. The molecule has 3 aliphatic carbocycles. The van der Waals surface area contributed by atoms with Gasteiger partial charge >= 0.3 is 0 Å². The molecule has 1 aromatic carbocycles. The number of benzene rings is 1. The molecule has 5 atom stereocenters. The number of hydrogen-bond donors (Lipinski definition) is 0. The predicted octanol–water partition coefficient (Wildman–Crippen LogP) is 6.53. The van der Waals surface area contributed by atoms with Crippen LogP contribution >= 0.6 is 0 Å². The maximum atomic E-state index is 6.09. The highest BCUT2D eigenvalue weighted by Crippen LogP contribution is 2.47. The van der Waals surface area contributed by atoms with Crippen LogP contribution in [-0.2, 0) is 17.6 Å². The van der Waals surface area contributed by atoms with Crippen LogP contribution in [0.5, 0.6) is 5.75 Å². The van der Waals surface area contributed by atoms with Gasteiger partial charge in [-0.15, -0.1) is 0 Å². The Morgan fingerprint density at radius 3 is 2.55 bits per heavy atom. The number of ether oxygens (including phenoxy) is 2. The molecule has 2 nitrogen and oxygen atoms in total. The molecule has 0 saturated heterocycles. The van der Waals surface area contributed by atoms with Gasteiger partial charge in [0.1, 0.15) is 12.4 Å². The van der Waals surface area contributed by atoms with Gasteiger partial charge in [-0.1, -0.05) is 30.9 Å². The molecule has 0 aromatic heterocycles. The zero-order chi connectivity index (χ0) is 20.1. The van der Waals surface area contributed by atoms with E-state index in [-0.39, 0.29) is 0 Å². The van der Waals surface area contributed by atoms with E-state index in [1.165, 1.54) is 63.4 Å². The Morgan fingerprint density at radius 1 is 0.931 bits per heavy atom. The van der Waals surface area contributed by atoms with Crippen LogP contribution in [0.2, 0.25) is 0 Å². The van der Waals surface area contributed by atoms with E-state index in [9.17, 15) is 0 Å². The van der Waals surface area contributed by atoms with Crippen LogP contribution in [0.4, 0.5) is 0 Å². The third kappa shape index (κ3) is 5.15. The van der Waals surface area contributed by atoms with Crippen LogP contribution < -0.4 is 4.74 Å². The zero-order valence-electron chi connectivity index (χ0n) is 18.2. The fraction of sp³-hybridized carbons (Fsp3) is 0.630. The van der Waals surface area contributed by atoms with Gasteiger partial charge in [0.2, 0.25) is 0 Å². The SMILES string of the molecule is C=CCOc1ccc2c(c1)CCC(C1CCC3C[C@H](OC/C=C/C)CC[C@@H]3C1)C2. The minimum absolute atomic E-state index is 0.503. The zero-order valence-corrected chi connectivity index (χ0v) is 18.2. The van der Waals surface area contributed by atoms with E-state index in [2.05, 4.69) is 43.9 Å². The Bertz CT molecular complexity index is 706. The van der Waals surface area contributed by atoms with Crippen LogP contribution in [0, 0.1) is 23.7 Å². The van der Waals surface area contributed by atoms with Crippen molar-refractivity contribution in [3.05, 3.63) is 54.1 Å². The molecular weight excluding hydrogens is 356 g/mol. The van der Waals surface area contributed by atoms with Crippen molar-refractivity contribution in [2.24, 2.45) is 23.7 Å². The molecule has 1 aromatic rings. The van der Waals surface area contributed by atoms with Crippen molar-refractivity contribution in [2.75, 3.05) is 13.2 Å². The lowest BCUT2D eigenvalue weighted by Crippen LogP contribution is -2.37. The van der Waals surface area contributed by atoms with E-state index >= 15 is 0 Å². The Labute approximate surface area is 177 Å². The van der Waals surface area contributed by atoms with Gasteiger partial charge in [-0.05, 0) is 112 Å². The summed E-state index contributed by atoms with van der Waals surface area (Å²) >= 11 is 0. The maximum absolute atomic E-state index is 6.09. The summed E-state index contributed by atoms with van der Waals surface area (Å²) in [5.41, 5.74) is 3.07. The monoisotopic (exact) mass is 394 g/mol. The van der Waals surface area contributed by atoms with Gasteiger partial charge in [-0.2, -0.15) is 0 Å². The van der Waals surface area contributed by atoms with Crippen molar-refractivity contribution in [1.82, 2.24) is 0 Å². The molecule has 158 valence electrons. The number of rotatable bonds is 7. The van der Waals surface area contributed by atoms with Gasteiger partial charge in [0.05, 0.1) is 12.7 Å². The number of fused-ring (bicyclic) bond motifs is 2. The molecule has 2 heteroatoms. The molecule has 0 N–H and O–H groups in total. The fourth-order valence-electron chi connectivity index (χ4n) is 6.16. The lowest BCUT2D eigenvalue weighted by atomic mass is 9.62. The van der Waals surface area contributed by atoms with Crippen molar-refractivity contribution < 1.29 is 9.47 Å². The van der Waals surface area contributed by atoms with Crippen LogP contribution in [0.1, 0.15) is 63.0 Å². The normalized spacial score (nSPS) is 31.8. The van der Waals surface area contributed by atoms with Gasteiger partial charge in [0.25, 0.3) is 0 Å². The first kappa shape index (κ1) is 20.7. The van der Waals surface area contributed by atoms with Crippen molar-refractivity contribution in [1.29, 1.82) is 0 Å². The number of hydrogen-bond acceptors (Lipinski definition) is 2. The average molecular weight is 395 g/mol. The van der Waals surface area contributed by atoms with Gasteiger partial charge in [-0.3, -0.25) is 0 Å². The highest BCUT2D eigenvalue weighted by Gasteiger charge is 2.38. The van der Waals surface area contributed by atoms with Crippen molar-refractivity contribution in [2.45, 2.75) is 70.8 Å². The molecule has 3 aliphatic rings. The summed E-state index contributed by atoms with van der Waals surface area (Å²) in [7, 11) is 0. The molecule has 0 heterocycles. The summed E-state index contributed by atoms with van der Waals surface area (Å²) in [5, 5.41) is 0. The molecule has 4 rings (SSSR count). The molecule has 0 spiro atoms. The second-order valence-corrected chi connectivity index (χ2v) is 9.46. The Balaban J connectivity index is 1.30. The van der Waals surface area contributed by atoms with Crippen molar-refractivity contribution in [3.8, 4) is 5.75 Å². The lowest BCUT2D eigenvalue weighted by Gasteiger charge is -2.44. The summed E-state index contributed by atoms with van der Waals surface area (Å²) in [6.45, 7) is 7.20. The standard InChI is InChI=1S/C27H38O2/c1-3-5-15-29-27-13-11-23-17-21(7-9-25(23)19-27)20-6-8-24-18-26(28-14-4-2)12-10-22(24)16-20/h3-5,10,12,18,20-21,23,25,27H,2,6-9,11,13-17,19H2,1H3/b5-3+/t20?,21?,23-,25?,27-/m1/s1. The largest absolute Gasteiger partial charge is 0.490 e. The topological polar surface area (TPSA) is 18.5 Å². The van der Waals surface area contributed by atoms with E-state index in [0.29, 0.717) is 12.7 Å². The molecule has 0 radical (unpaired) electrons. The van der Waals surface area contributed by atoms with Crippen LogP contribution in [0.25, 0.3) is 0 Å². The van der Waals surface area contributed by atoms with E-state index in [1.807, 2.05) is 6.08 Å². The van der Waals surface area contributed by atoms with Crippen molar-refractivity contribution >= 4 is 0 Å². The third-order valence-corrected chi connectivity index (χ3v) is 7.75. The van der Waals surface area contributed by atoms with Crippen molar-refractivity contribution in [3.63, 3.8) is 0 Å². The molecule has 0 amide bonds. The van der Waals surface area contributed by atoms with E-state index < -0.39 is 0 Å².